The van der Waals surface area contributed by atoms with Crippen LogP contribution in [0.1, 0.15) is 408 Å². The molecule has 2 unspecified atom stereocenters. The molecule has 0 heterocycles. The number of hydrogen-bond acceptors (Lipinski definition) is 15. The Bertz CT molecular complexity index is 1900. The molecule has 0 radical (unpaired) electrons. The number of phosphoric acid groups is 2. The Morgan fingerprint density at radius 3 is 0.694 bits per heavy atom. The standard InChI is InChI=1S/C79H154O17P2/c1-8-9-10-11-12-13-14-15-20-25-33-41-48-55-62-78(83)96-75(67-90-77(82)61-54-47-40-35-28-31-38-45-52-59-72(6)7)69-94-98(87,88)92-65-73(80)64-91-97(85,86)93-68-74(66-89-76(81)60-53-46-39-32-27-22-24-30-37-44-51-58-71(4)5)95-79(84)63-56-49-42-34-26-21-18-16-17-19-23-29-36-43-50-57-70(2)3/h70-75,80H,8-69H2,1-7H3,(H,85,86)(H,87,88)/t73-,74-,75-/m1/s1. The van der Waals surface area contributed by atoms with E-state index >= 15 is 0 Å². The number of carbonyl (C=O) groups is 4. The summed E-state index contributed by atoms with van der Waals surface area (Å²) in [6.07, 6.45) is 56.8. The van der Waals surface area contributed by atoms with Crippen molar-refractivity contribution in [2.75, 3.05) is 39.6 Å². The van der Waals surface area contributed by atoms with E-state index in [4.69, 9.17) is 37.0 Å². The van der Waals surface area contributed by atoms with E-state index in [1.54, 1.807) is 0 Å². The molecule has 0 aliphatic carbocycles. The van der Waals surface area contributed by atoms with E-state index in [2.05, 4.69) is 48.5 Å². The Hall–Kier alpha value is -1.94. The highest BCUT2D eigenvalue weighted by Gasteiger charge is 2.30. The molecule has 3 N–H and O–H groups in total. The van der Waals surface area contributed by atoms with Gasteiger partial charge in [-0.25, -0.2) is 9.13 Å². The van der Waals surface area contributed by atoms with Gasteiger partial charge in [-0.1, -0.05) is 357 Å². The smallest absolute Gasteiger partial charge is 0.462 e. The van der Waals surface area contributed by atoms with Crippen LogP contribution in [0.3, 0.4) is 0 Å². The zero-order chi connectivity index (χ0) is 72.3. The fourth-order valence-corrected chi connectivity index (χ4v) is 13.7. The number of phosphoric ester groups is 2. The maximum atomic E-state index is 13.1. The molecule has 0 amide bonds. The number of hydrogen-bond donors (Lipinski definition) is 3. The molecule has 0 saturated heterocycles. The van der Waals surface area contributed by atoms with Gasteiger partial charge in [-0.2, -0.15) is 0 Å². The highest BCUT2D eigenvalue weighted by molar-refractivity contribution is 7.47. The molecule has 5 atom stereocenters. The first-order valence-electron chi connectivity index (χ1n) is 40.8. The van der Waals surface area contributed by atoms with Gasteiger partial charge >= 0.3 is 39.5 Å². The maximum Gasteiger partial charge on any atom is 0.472 e. The van der Waals surface area contributed by atoms with E-state index in [1.807, 2.05) is 0 Å². The van der Waals surface area contributed by atoms with Crippen LogP contribution in [0, 0.1) is 17.8 Å². The molecule has 0 spiro atoms. The Balaban J connectivity index is 5.26. The van der Waals surface area contributed by atoms with Crippen molar-refractivity contribution < 1.29 is 80.2 Å². The van der Waals surface area contributed by atoms with E-state index in [1.165, 1.54) is 218 Å². The fraction of sp³-hybridized carbons (Fsp3) is 0.949. The lowest BCUT2D eigenvalue weighted by atomic mass is 10.0. The number of esters is 4. The van der Waals surface area contributed by atoms with Crippen LogP contribution in [-0.2, 0) is 65.4 Å². The fourth-order valence-electron chi connectivity index (χ4n) is 12.1. The molecule has 0 aromatic carbocycles. The van der Waals surface area contributed by atoms with Gasteiger partial charge in [0.15, 0.2) is 12.2 Å². The Morgan fingerprint density at radius 2 is 0.469 bits per heavy atom. The molecule has 0 fully saturated rings. The van der Waals surface area contributed by atoms with Gasteiger partial charge in [0.25, 0.3) is 0 Å². The van der Waals surface area contributed by atoms with E-state index in [0.717, 1.165) is 108 Å². The van der Waals surface area contributed by atoms with Crippen molar-refractivity contribution >= 4 is 39.5 Å². The maximum absolute atomic E-state index is 13.1. The molecular formula is C79H154O17P2. The van der Waals surface area contributed by atoms with Gasteiger partial charge < -0.3 is 33.8 Å². The number of carbonyl (C=O) groups excluding carboxylic acids is 4. The molecule has 17 nitrogen and oxygen atoms in total. The Kier molecular flexibility index (Phi) is 68.1. The molecule has 19 heteroatoms. The van der Waals surface area contributed by atoms with Crippen molar-refractivity contribution in [1.29, 1.82) is 0 Å². The van der Waals surface area contributed by atoms with Gasteiger partial charge in [-0.3, -0.25) is 37.3 Å². The van der Waals surface area contributed by atoms with Crippen molar-refractivity contribution in [3.63, 3.8) is 0 Å². The molecule has 0 aromatic rings. The van der Waals surface area contributed by atoms with Crippen molar-refractivity contribution in [1.82, 2.24) is 0 Å². The quantitative estimate of drug-likeness (QED) is 0.0222. The molecule has 0 aliphatic rings. The zero-order valence-electron chi connectivity index (χ0n) is 64.3. The van der Waals surface area contributed by atoms with Crippen LogP contribution in [0.2, 0.25) is 0 Å². The number of unbranched alkanes of at least 4 members (excludes halogenated alkanes) is 45. The second-order valence-corrected chi connectivity index (χ2v) is 32.8. The minimum Gasteiger partial charge on any atom is -0.462 e. The molecule has 0 aliphatic heterocycles. The lowest BCUT2D eigenvalue weighted by Crippen LogP contribution is -2.30. The molecular weight excluding hydrogens is 1280 g/mol. The Morgan fingerprint density at radius 1 is 0.276 bits per heavy atom. The predicted octanol–water partition coefficient (Wildman–Crippen LogP) is 23.4. The van der Waals surface area contributed by atoms with Crippen molar-refractivity contribution in [2.45, 2.75) is 426 Å². The van der Waals surface area contributed by atoms with Crippen LogP contribution in [0.5, 0.6) is 0 Å². The van der Waals surface area contributed by atoms with Gasteiger partial charge in [-0.15, -0.1) is 0 Å². The third-order valence-corrected chi connectivity index (χ3v) is 20.3. The van der Waals surface area contributed by atoms with Crippen LogP contribution in [0.4, 0.5) is 0 Å². The predicted molar refractivity (Wildman–Crippen MR) is 400 cm³/mol. The summed E-state index contributed by atoms with van der Waals surface area (Å²) < 4.78 is 68.7. The number of rotatable bonds is 77. The lowest BCUT2D eigenvalue weighted by molar-refractivity contribution is -0.161. The van der Waals surface area contributed by atoms with E-state index in [0.29, 0.717) is 25.7 Å². The first-order valence-corrected chi connectivity index (χ1v) is 43.8. The molecule has 0 saturated carbocycles. The van der Waals surface area contributed by atoms with Crippen LogP contribution in [-0.4, -0.2) is 96.7 Å². The van der Waals surface area contributed by atoms with Crippen molar-refractivity contribution in [3.8, 4) is 0 Å². The number of aliphatic hydroxyl groups excluding tert-OH is 1. The molecule has 582 valence electrons. The van der Waals surface area contributed by atoms with Gasteiger partial charge in [0.1, 0.15) is 19.3 Å². The van der Waals surface area contributed by atoms with Gasteiger partial charge in [0, 0.05) is 25.7 Å². The van der Waals surface area contributed by atoms with E-state index < -0.39 is 97.5 Å². The monoisotopic (exact) mass is 1440 g/mol. The highest BCUT2D eigenvalue weighted by Crippen LogP contribution is 2.45. The third kappa shape index (κ3) is 72.4. The topological polar surface area (TPSA) is 237 Å². The third-order valence-electron chi connectivity index (χ3n) is 18.4. The zero-order valence-corrected chi connectivity index (χ0v) is 66.0. The van der Waals surface area contributed by atoms with Crippen molar-refractivity contribution in [2.24, 2.45) is 17.8 Å². The van der Waals surface area contributed by atoms with E-state index in [9.17, 15) is 43.2 Å². The SMILES string of the molecule is CCCCCCCCCCCCCCCCC(=O)O[C@H](COC(=O)CCCCCCCCCCCC(C)C)COP(=O)(O)OC[C@H](O)COP(=O)(O)OC[C@@H](COC(=O)CCCCCCCCCCCCCC(C)C)OC(=O)CCCCCCCCCCCCCCCCCC(C)C. The minimum absolute atomic E-state index is 0.107. The summed E-state index contributed by atoms with van der Waals surface area (Å²) in [5, 5.41) is 10.6. The van der Waals surface area contributed by atoms with Crippen molar-refractivity contribution in [3.05, 3.63) is 0 Å². The normalized spacial score (nSPS) is 14.0. The summed E-state index contributed by atoms with van der Waals surface area (Å²) in [7, 11) is -9.92. The van der Waals surface area contributed by atoms with Crippen LogP contribution in [0.15, 0.2) is 0 Å². The summed E-state index contributed by atoms with van der Waals surface area (Å²) in [6, 6.07) is 0. The summed E-state index contributed by atoms with van der Waals surface area (Å²) in [4.78, 5) is 73.0. The highest BCUT2D eigenvalue weighted by atomic mass is 31.2. The summed E-state index contributed by atoms with van der Waals surface area (Å²) in [5.41, 5.74) is 0. The summed E-state index contributed by atoms with van der Waals surface area (Å²) >= 11 is 0. The minimum atomic E-state index is -4.96. The second kappa shape index (κ2) is 69.4. The van der Waals surface area contributed by atoms with Crippen LogP contribution < -0.4 is 0 Å². The summed E-state index contributed by atoms with van der Waals surface area (Å²) in [5.74, 6) is 0.206. The first kappa shape index (κ1) is 96.1. The first-order chi connectivity index (χ1) is 47.2. The molecule has 98 heavy (non-hydrogen) atoms. The molecule has 0 bridgehead atoms. The molecule has 0 aromatic heterocycles. The van der Waals surface area contributed by atoms with Crippen LogP contribution >= 0.6 is 15.6 Å². The Labute approximate surface area is 600 Å². The number of aliphatic hydroxyl groups is 1. The van der Waals surface area contributed by atoms with Gasteiger partial charge in [-0.05, 0) is 43.4 Å². The van der Waals surface area contributed by atoms with Crippen LogP contribution in [0.25, 0.3) is 0 Å². The number of ether oxygens (including phenoxy) is 4. The second-order valence-electron chi connectivity index (χ2n) is 29.9. The van der Waals surface area contributed by atoms with Gasteiger partial charge in [0.2, 0.25) is 0 Å². The lowest BCUT2D eigenvalue weighted by Gasteiger charge is -2.21. The largest absolute Gasteiger partial charge is 0.472 e. The van der Waals surface area contributed by atoms with Gasteiger partial charge in [0.05, 0.1) is 26.4 Å². The average molecular weight is 1440 g/mol. The average Bonchev–Trinajstić information content (AvgIpc) is 1.07. The van der Waals surface area contributed by atoms with E-state index in [-0.39, 0.29) is 25.7 Å². The summed E-state index contributed by atoms with van der Waals surface area (Å²) in [6.45, 7) is 11.9. The molecule has 0 rings (SSSR count).